The largest absolute Gasteiger partial charge is 0.409 e. The van der Waals surface area contributed by atoms with Crippen LogP contribution in [-0.4, -0.2) is 34.8 Å². The summed E-state index contributed by atoms with van der Waals surface area (Å²) >= 11 is 0. The Balaban J connectivity index is 2.11. The zero-order valence-electron chi connectivity index (χ0n) is 14.1. The highest BCUT2D eigenvalue weighted by Gasteiger charge is 2.48. The van der Waals surface area contributed by atoms with Gasteiger partial charge in [0.05, 0.1) is 4.90 Å². The highest BCUT2D eigenvalue weighted by molar-refractivity contribution is 7.89. The summed E-state index contributed by atoms with van der Waals surface area (Å²) in [5.74, 6) is -0.712. The number of hydrogen-bond acceptors (Lipinski definition) is 3. The van der Waals surface area contributed by atoms with E-state index >= 15 is 0 Å². The lowest BCUT2D eigenvalue weighted by Crippen LogP contribution is -2.42. The molecule has 0 aliphatic rings. The van der Waals surface area contributed by atoms with E-state index in [-0.39, 0.29) is 10.5 Å². The molecular weight excluding hydrogens is 386 g/mol. The van der Waals surface area contributed by atoms with Crippen molar-refractivity contribution in [1.29, 1.82) is 0 Å². The first-order chi connectivity index (χ1) is 12.6. The lowest BCUT2D eigenvalue weighted by atomic mass is 10.1. The average molecular weight is 401 g/mol. The van der Waals surface area contributed by atoms with Crippen LogP contribution in [0, 0.1) is 5.82 Å². The fourth-order valence-corrected chi connectivity index (χ4v) is 4.46. The number of hydrogen-bond donors (Lipinski definition) is 0. The first-order valence-corrected chi connectivity index (χ1v) is 9.35. The number of sulfonamides is 1. The standard InChI is InChI=1S/C17H15F4N3O2S/c1-2-24(16(17(19,20)21)12-3-5-13(18)6-4-12)27(25,26)14-7-8-15-22-9-10-23(15)11-14/h3-11,16H,2H2,1H3/t16-/m1/s1. The molecule has 1 atom stereocenters. The predicted octanol–water partition coefficient (Wildman–Crippen LogP) is 3.79. The van der Waals surface area contributed by atoms with Gasteiger partial charge in [0.1, 0.15) is 17.5 Å². The fraction of sp³-hybridized carbons (Fsp3) is 0.235. The second-order valence-electron chi connectivity index (χ2n) is 5.76. The number of benzene rings is 1. The molecule has 3 aromatic rings. The van der Waals surface area contributed by atoms with Crippen LogP contribution in [0.5, 0.6) is 0 Å². The molecule has 0 spiro atoms. The molecule has 2 aromatic heterocycles. The summed E-state index contributed by atoms with van der Waals surface area (Å²) in [6.07, 6.45) is -0.745. The Morgan fingerprint density at radius 1 is 1.15 bits per heavy atom. The number of imidazole rings is 1. The maximum absolute atomic E-state index is 13.8. The van der Waals surface area contributed by atoms with Gasteiger partial charge in [-0.05, 0) is 29.8 Å². The van der Waals surface area contributed by atoms with Gasteiger partial charge >= 0.3 is 6.18 Å². The molecule has 0 aliphatic heterocycles. The number of halogens is 4. The summed E-state index contributed by atoms with van der Waals surface area (Å²) in [5, 5.41) is 0. The van der Waals surface area contributed by atoms with Gasteiger partial charge in [-0.3, -0.25) is 0 Å². The van der Waals surface area contributed by atoms with Crippen LogP contribution in [0.2, 0.25) is 0 Å². The number of fused-ring (bicyclic) bond motifs is 1. The Morgan fingerprint density at radius 3 is 2.41 bits per heavy atom. The molecule has 144 valence electrons. The number of rotatable bonds is 5. The second-order valence-corrected chi connectivity index (χ2v) is 7.65. The third-order valence-corrected chi connectivity index (χ3v) is 5.99. The van der Waals surface area contributed by atoms with E-state index in [1.54, 1.807) is 0 Å². The highest BCUT2D eigenvalue weighted by atomic mass is 32.2. The van der Waals surface area contributed by atoms with Gasteiger partial charge in [-0.1, -0.05) is 19.1 Å². The van der Waals surface area contributed by atoms with Crippen LogP contribution in [-0.2, 0) is 10.0 Å². The van der Waals surface area contributed by atoms with Gasteiger partial charge in [-0.15, -0.1) is 0 Å². The molecule has 0 radical (unpaired) electrons. The Hall–Kier alpha value is -2.46. The summed E-state index contributed by atoms with van der Waals surface area (Å²) in [7, 11) is -4.49. The van der Waals surface area contributed by atoms with Crippen LogP contribution in [0.15, 0.2) is 59.9 Å². The molecule has 1 aromatic carbocycles. The minimum atomic E-state index is -4.89. The zero-order chi connectivity index (χ0) is 19.8. The maximum Gasteiger partial charge on any atom is 0.409 e. The van der Waals surface area contributed by atoms with Crippen LogP contribution < -0.4 is 0 Å². The quantitative estimate of drug-likeness (QED) is 0.612. The topological polar surface area (TPSA) is 54.7 Å². The number of nitrogens with zero attached hydrogens (tertiary/aromatic N) is 3. The van der Waals surface area contributed by atoms with E-state index in [0.29, 0.717) is 9.95 Å². The van der Waals surface area contributed by atoms with Crippen molar-refractivity contribution in [2.24, 2.45) is 0 Å². The average Bonchev–Trinajstić information content (AvgIpc) is 3.07. The molecule has 0 saturated carbocycles. The molecule has 3 rings (SSSR count). The molecule has 0 unspecified atom stereocenters. The lowest BCUT2D eigenvalue weighted by molar-refractivity contribution is -0.173. The minimum absolute atomic E-state index is 0.300. The molecule has 0 N–H and O–H groups in total. The van der Waals surface area contributed by atoms with Gasteiger partial charge in [0.25, 0.3) is 0 Å². The number of alkyl halides is 3. The number of pyridine rings is 1. The first kappa shape index (κ1) is 19.3. The SMILES string of the molecule is CCN([C@H](c1ccc(F)cc1)C(F)(F)F)S(=O)(=O)c1ccc2nccn2c1. The summed E-state index contributed by atoms with van der Waals surface area (Å²) in [6, 6.07) is 3.78. The van der Waals surface area contributed by atoms with E-state index in [9.17, 15) is 26.0 Å². The van der Waals surface area contributed by atoms with Crippen molar-refractivity contribution in [1.82, 2.24) is 13.7 Å². The smallest absolute Gasteiger partial charge is 0.306 e. The Bertz CT molecular complexity index is 1050. The third-order valence-electron chi connectivity index (χ3n) is 4.06. The summed E-state index contributed by atoms with van der Waals surface area (Å²) in [5.41, 5.74) is 0.0981. The summed E-state index contributed by atoms with van der Waals surface area (Å²) in [4.78, 5) is 3.68. The van der Waals surface area contributed by atoms with Gasteiger partial charge in [-0.25, -0.2) is 17.8 Å². The van der Waals surface area contributed by atoms with Gasteiger partial charge in [-0.2, -0.15) is 17.5 Å². The van der Waals surface area contributed by atoms with Gasteiger partial charge in [0.15, 0.2) is 0 Å². The van der Waals surface area contributed by atoms with Crippen molar-refractivity contribution in [2.75, 3.05) is 6.54 Å². The zero-order valence-corrected chi connectivity index (χ0v) is 14.9. The van der Waals surface area contributed by atoms with Crippen molar-refractivity contribution < 1.29 is 26.0 Å². The van der Waals surface area contributed by atoms with Crippen LogP contribution in [0.1, 0.15) is 18.5 Å². The fourth-order valence-electron chi connectivity index (χ4n) is 2.84. The summed E-state index contributed by atoms with van der Waals surface area (Å²) < 4.78 is 82.2. The molecule has 0 aliphatic carbocycles. The Labute approximate surface area is 152 Å². The maximum atomic E-state index is 13.8. The van der Waals surface area contributed by atoms with Gasteiger partial charge < -0.3 is 4.40 Å². The Morgan fingerprint density at radius 2 is 1.81 bits per heavy atom. The Kier molecular flexibility index (Phi) is 4.96. The van der Waals surface area contributed by atoms with Crippen LogP contribution >= 0.6 is 0 Å². The van der Waals surface area contributed by atoms with Crippen molar-refractivity contribution >= 4 is 15.7 Å². The third kappa shape index (κ3) is 3.67. The highest BCUT2D eigenvalue weighted by Crippen LogP contribution is 2.40. The molecule has 0 bridgehead atoms. The van der Waals surface area contributed by atoms with Crippen LogP contribution in [0.4, 0.5) is 17.6 Å². The van der Waals surface area contributed by atoms with E-state index in [1.165, 1.54) is 42.0 Å². The van der Waals surface area contributed by atoms with Crippen LogP contribution in [0.3, 0.4) is 0 Å². The minimum Gasteiger partial charge on any atom is -0.306 e. The van der Waals surface area contributed by atoms with Crippen molar-refractivity contribution in [3.63, 3.8) is 0 Å². The molecule has 27 heavy (non-hydrogen) atoms. The van der Waals surface area contributed by atoms with E-state index in [1.807, 2.05) is 0 Å². The molecule has 2 heterocycles. The van der Waals surface area contributed by atoms with Crippen molar-refractivity contribution in [3.05, 3.63) is 66.4 Å². The number of aromatic nitrogens is 2. The van der Waals surface area contributed by atoms with Crippen molar-refractivity contribution in [3.8, 4) is 0 Å². The van der Waals surface area contributed by atoms with E-state index in [2.05, 4.69) is 4.98 Å². The predicted molar refractivity (Wildman–Crippen MR) is 90.0 cm³/mol. The molecule has 10 heteroatoms. The first-order valence-electron chi connectivity index (χ1n) is 7.91. The molecule has 0 amide bonds. The van der Waals surface area contributed by atoms with E-state index in [4.69, 9.17) is 0 Å². The second kappa shape index (κ2) is 6.93. The molecule has 0 fully saturated rings. The molecule has 5 nitrogen and oxygen atoms in total. The van der Waals surface area contributed by atoms with E-state index in [0.717, 1.165) is 24.3 Å². The lowest BCUT2D eigenvalue weighted by Gasteiger charge is -2.31. The molecular formula is C17H15F4N3O2S. The summed E-state index contributed by atoms with van der Waals surface area (Å²) in [6.45, 7) is 0.890. The van der Waals surface area contributed by atoms with Crippen molar-refractivity contribution in [2.45, 2.75) is 24.0 Å². The normalized spacial score (nSPS) is 14.0. The molecule has 0 saturated heterocycles. The van der Waals surface area contributed by atoms with Crippen LogP contribution in [0.25, 0.3) is 5.65 Å². The monoisotopic (exact) mass is 401 g/mol. The van der Waals surface area contributed by atoms with Gasteiger partial charge in [0, 0.05) is 25.1 Å². The van der Waals surface area contributed by atoms with Gasteiger partial charge in [0.2, 0.25) is 10.0 Å². The van der Waals surface area contributed by atoms with E-state index < -0.39 is 34.6 Å².